The second kappa shape index (κ2) is 5.71. The van der Waals surface area contributed by atoms with Crippen LogP contribution in [0.1, 0.15) is 43.4 Å². The van der Waals surface area contributed by atoms with Crippen LogP contribution >= 0.6 is 0 Å². The van der Waals surface area contributed by atoms with E-state index in [1.165, 1.54) is 0 Å². The molecule has 0 spiro atoms. The zero-order valence-corrected chi connectivity index (χ0v) is 10.6. The Morgan fingerprint density at radius 2 is 2.11 bits per heavy atom. The van der Waals surface area contributed by atoms with Crippen molar-refractivity contribution in [1.29, 1.82) is 0 Å². The van der Waals surface area contributed by atoms with Gasteiger partial charge in [0.1, 0.15) is 5.69 Å². The topological polar surface area (TPSA) is 39.2 Å². The molecule has 0 aliphatic carbocycles. The third kappa shape index (κ3) is 3.12. The lowest BCUT2D eigenvalue weighted by atomic mass is 10.1. The molecular weight excluding hydrogens is 240 g/mol. The van der Waals surface area contributed by atoms with E-state index in [1.807, 2.05) is 0 Å². The van der Waals surface area contributed by atoms with E-state index in [0.717, 1.165) is 6.07 Å². The van der Waals surface area contributed by atoms with Crippen LogP contribution in [0.5, 0.6) is 0 Å². The van der Waals surface area contributed by atoms with Crippen LogP contribution in [0.15, 0.2) is 12.6 Å². The van der Waals surface area contributed by atoms with Gasteiger partial charge in [-0.15, -0.1) is 0 Å². The Morgan fingerprint density at radius 1 is 1.50 bits per heavy atom. The molecule has 18 heavy (non-hydrogen) atoms. The van der Waals surface area contributed by atoms with Crippen molar-refractivity contribution in [3.8, 4) is 0 Å². The Labute approximate surface area is 104 Å². The predicted octanol–water partition coefficient (Wildman–Crippen LogP) is 3.35. The molecular formula is C13H15F2NO2. The second-order valence-electron chi connectivity index (χ2n) is 4.06. The van der Waals surface area contributed by atoms with Crippen molar-refractivity contribution in [2.24, 2.45) is 0 Å². The zero-order chi connectivity index (χ0) is 13.9. The number of allylic oxidation sites excluding steroid dienone is 1. The Kier molecular flexibility index (Phi) is 4.53. The van der Waals surface area contributed by atoms with Crippen molar-refractivity contribution < 1.29 is 18.3 Å². The van der Waals surface area contributed by atoms with E-state index in [9.17, 15) is 13.6 Å². The van der Waals surface area contributed by atoms with Crippen LogP contribution in [0.4, 0.5) is 8.78 Å². The Morgan fingerprint density at radius 3 is 2.61 bits per heavy atom. The Balaban J connectivity index is 3.20. The summed E-state index contributed by atoms with van der Waals surface area (Å²) in [7, 11) is 0. The fraction of sp³-hybridized carbons (Fsp3) is 0.385. The first-order valence-corrected chi connectivity index (χ1v) is 5.62. The fourth-order valence-electron chi connectivity index (χ4n) is 1.28. The van der Waals surface area contributed by atoms with E-state index in [-0.39, 0.29) is 17.5 Å². The average Bonchev–Trinajstić information content (AvgIpc) is 2.30. The largest absolute Gasteiger partial charge is 0.458 e. The van der Waals surface area contributed by atoms with Gasteiger partial charge in [-0.3, -0.25) is 0 Å². The van der Waals surface area contributed by atoms with Crippen molar-refractivity contribution in [3.05, 3.63) is 35.7 Å². The van der Waals surface area contributed by atoms with Gasteiger partial charge in [0.25, 0.3) is 0 Å². The molecule has 0 aromatic carbocycles. The first kappa shape index (κ1) is 14.3. The predicted molar refractivity (Wildman–Crippen MR) is 64.0 cm³/mol. The number of esters is 1. The van der Waals surface area contributed by atoms with Gasteiger partial charge in [0.05, 0.1) is 6.10 Å². The SMILES string of the molecule is C=C(CC)c1nc(C(=O)OC(C)C)cc(F)c1F. The molecule has 1 heterocycles. The first-order valence-electron chi connectivity index (χ1n) is 5.62. The van der Waals surface area contributed by atoms with Crippen molar-refractivity contribution >= 4 is 11.5 Å². The number of hydrogen-bond acceptors (Lipinski definition) is 3. The molecule has 3 nitrogen and oxygen atoms in total. The lowest BCUT2D eigenvalue weighted by Crippen LogP contribution is -2.15. The monoisotopic (exact) mass is 255 g/mol. The van der Waals surface area contributed by atoms with Gasteiger partial charge in [0, 0.05) is 6.07 Å². The van der Waals surface area contributed by atoms with Gasteiger partial charge >= 0.3 is 5.97 Å². The third-order valence-electron chi connectivity index (χ3n) is 2.23. The summed E-state index contributed by atoms with van der Waals surface area (Å²) < 4.78 is 31.7. The molecule has 1 rings (SSSR count). The maximum Gasteiger partial charge on any atom is 0.357 e. The van der Waals surface area contributed by atoms with Gasteiger partial charge in [-0.2, -0.15) is 0 Å². The van der Waals surface area contributed by atoms with E-state index in [4.69, 9.17) is 4.74 Å². The van der Waals surface area contributed by atoms with E-state index < -0.39 is 17.6 Å². The number of hydrogen-bond donors (Lipinski definition) is 0. The van der Waals surface area contributed by atoms with Crippen molar-refractivity contribution in [2.45, 2.75) is 33.3 Å². The zero-order valence-electron chi connectivity index (χ0n) is 10.6. The summed E-state index contributed by atoms with van der Waals surface area (Å²) in [6, 6.07) is 0.729. The summed E-state index contributed by atoms with van der Waals surface area (Å²) in [5.41, 5.74) is -0.161. The molecule has 0 atom stereocenters. The average molecular weight is 255 g/mol. The molecule has 0 radical (unpaired) electrons. The van der Waals surface area contributed by atoms with Gasteiger partial charge in [0.15, 0.2) is 17.3 Å². The highest BCUT2D eigenvalue weighted by molar-refractivity contribution is 5.87. The van der Waals surface area contributed by atoms with Gasteiger partial charge in [-0.25, -0.2) is 18.6 Å². The molecule has 0 N–H and O–H groups in total. The standard InChI is InChI=1S/C13H15F2NO2/c1-5-8(4)12-11(15)9(14)6-10(16-12)13(17)18-7(2)3/h6-7H,4-5H2,1-3H3. The van der Waals surface area contributed by atoms with Gasteiger partial charge < -0.3 is 4.74 Å². The minimum absolute atomic E-state index is 0.229. The minimum Gasteiger partial charge on any atom is -0.458 e. The summed E-state index contributed by atoms with van der Waals surface area (Å²) in [6.45, 7) is 8.63. The Hall–Kier alpha value is -1.78. The van der Waals surface area contributed by atoms with Crippen LogP contribution in [0.25, 0.3) is 5.57 Å². The molecule has 0 amide bonds. The Bertz CT molecular complexity index is 484. The summed E-state index contributed by atoms with van der Waals surface area (Å²) in [5.74, 6) is -3.01. The van der Waals surface area contributed by atoms with Crippen LogP contribution in [0.3, 0.4) is 0 Å². The summed E-state index contributed by atoms with van der Waals surface area (Å²) in [4.78, 5) is 15.3. The smallest absolute Gasteiger partial charge is 0.357 e. The van der Waals surface area contributed by atoms with Crippen LogP contribution in [-0.4, -0.2) is 17.1 Å². The van der Waals surface area contributed by atoms with E-state index in [0.29, 0.717) is 12.0 Å². The highest BCUT2D eigenvalue weighted by Gasteiger charge is 2.19. The number of aromatic nitrogens is 1. The van der Waals surface area contributed by atoms with E-state index in [1.54, 1.807) is 20.8 Å². The second-order valence-corrected chi connectivity index (χ2v) is 4.06. The summed E-state index contributed by atoms with van der Waals surface area (Å²) >= 11 is 0. The number of halogens is 2. The molecule has 0 bridgehead atoms. The summed E-state index contributed by atoms with van der Waals surface area (Å²) in [6.07, 6.45) is 0.0525. The van der Waals surface area contributed by atoms with E-state index in [2.05, 4.69) is 11.6 Å². The highest BCUT2D eigenvalue weighted by atomic mass is 19.2. The molecule has 0 unspecified atom stereocenters. The maximum atomic E-state index is 13.5. The third-order valence-corrected chi connectivity index (χ3v) is 2.23. The van der Waals surface area contributed by atoms with Crippen LogP contribution < -0.4 is 0 Å². The molecule has 0 aliphatic rings. The molecule has 0 saturated heterocycles. The van der Waals surface area contributed by atoms with Crippen LogP contribution in [0.2, 0.25) is 0 Å². The molecule has 0 aliphatic heterocycles. The molecule has 0 saturated carbocycles. The number of rotatable bonds is 4. The molecule has 5 heteroatoms. The lowest BCUT2D eigenvalue weighted by molar-refractivity contribution is 0.0370. The van der Waals surface area contributed by atoms with Crippen LogP contribution in [0, 0.1) is 11.6 Å². The number of carbonyl (C=O) groups is 1. The van der Waals surface area contributed by atoms with Gasteiger partial charge in [0.2, 0.25) is 0 Å². The molecule has 1 aromatic heterocycles. The maximum absolute atomic E-state index is 13.5. The quantitative estimate of drug-likeness (QED) is 0.774. The van der Waals surface area contributed by atoms with Crippen molar-refractivity contribution in [2.75, 3.05) is 0 Å². The number of carbonyl (C=O) groups excluding carboxylic acids is 1. The number of ether oxygens (including phenoxy) is 1. The normalized spacial score (nSPS) is 10.6. The first-order chi connectivity index (χ1) is 8.36. The van der Waals surface area contributed by atoms with Gasteiger partial charge in [-0.1, -0.05) is 13.5 Å². The van der Waals surface area contributed by atoms with Gasteiger partial charge in [-0.05, 0) is 25.8 Å². The number of nitrogens with zero attached hydrogens (tertiary/aromatic N) is 1. The minimum atomic E-state index is -1.13. The summed E-state index contributed by atoms with van der Waals surface area (Å²) in [5, 5.41) is 0. The van der Waals surface area contributed by atoms with Crippen LogP contribution in [-0.2, 0) is 4.74 Å². The van der Waals surface area contributed by atoms with Crippen molar-refractivity contribution in [3.63, 3.8) is 0 Å². The molecule has 98 valence electrons. The molecule has 1 aromatic rings. The fourth-order valence-corrected chi connectivity index (χ4v) is 1.28. The van der Waals surface area contributed by atoms with Crippen molar-refractivity contribution in [1.82, 2.24) is 4.98 Å². The lowest BCUT2D eigenvalue weighted by Gasteiger charge is -2.10. The number of pyridine rings is 1. The van der Waals surface area contributed by atoms with E-state index >= 15 is 0 Å². The highest BCUT2D eigenvalue weighted by Crippen LogP contribution is 2.20. The molecule has 0 fully saturated rings.